The van der Waals surface area contributed by atoms with E-state index < -0.39 is 5.66 Å². The fourth-order valence-corrected chi connectivity index (χ4v) is 6.96. The lowest BCUT2D eigenvalue weighted by molar-refractivity contribution is -0.114. The van der Waals surface area contributed by atoms with E-state index in [2.05, 4.69) is 76.6 Å². The summed E-state index contributed by atoms with van der Waals surface area (Å²) in [5, 5.41) is 10.9. The zero-order chi connectivity index (χ0) is 31.0. The van der Waals surface area contributed by atoms with Gasteiger partial charge in [0.15, 0.2) is 0 Å². The number of fused-ring (bicyclic) bond motifs is 4. The number of nitrogens with one attached hydrogen (secondary N) is 3. The molecule has 1 aromatic heterocycles. The van der Waals surface area contributed by atoms with Crippen LogP contribution in [0.2, 0.25) is 0 Å². The number of carbonyl (C=O) groups excluding carboxylic acids is 1. The highest BCUT2D eigenvalue weighted by molar-refractivity contribution is 5.92. The minimum atomic E-state index is -0.532. The van der Waals surface area contributed by atoms with Gasteiger partial charge in [-0.3, -0.25) is 4.79 Å². The molecule has 226 valence electrons. The molecule has 4 aromatic carbocycles. The molecule has 2 heterocycles. The monoisotopic (exact) mass is 594 g/mol. The summed E-state index contributed by atoms with van der Waals surface area (Å²) in [5.41, 5.74) is 22.2. The zero-order valence-corrected chi connectivity index (χ0v) is 25.4. The number of carbonyl (C=O) groups is 1. The third-order valence-electron chi connectivity index (χ3n) is 9.14. The van der Waals surface area contributed by atoms with Crippen LogP contribution in [-0.4, -0.2) is 16.6 Å². The Balaban J connectivity index is 0.000000146. The van der Waals surface area contributed by atoms with Crippen LogP contribution in [0.25, 0.3) is 17.0 Å². The molecule has 0 radical (unpaired) electrons. The number of pyridine rings is 1. The van der Waals surface area contributed by atoms with Gasteiger partial charge in [-0.2, -0.15) is 0 Å². The summed E-state index contributed by atoms with van der Waals surface area (Å²) in [6.45, 7) is 1.51. The molecule has 2 aliphatic carbocycles. The summed E-state index contributed by atoms with van der Waals surface area (Å²) < 4.78 is 0. The average molecular weight is 595 g/mol. The van der Waals surface area contributed by atoms with Crippen molar-refractivity contribution in [3.63, 3.8) is 0 Å². The van der Waals surface area contributed by atoms with Crippen molar-refractivity contribution in [1.29, 1.82) is 0 Å². The quantitative estimate of drug-likeness (QED) is 0.139. The number of hydrogen-bond acceptors (Lipinski definition) is 6. The first-order valence-electron chi connectivity index (χ1n) is 15.6. The van der Waals surface area contributed by atoms with Crippen LogP contribution in [0.1, 0.15) is 59.5 Å². The van der Waals surface area contributed by atoms with Gasteiger partial charge in [-0.25, -0.2) is 4.98 Å². The second-order valence-corrected chi connectivity index (χ2v) is 12.2. The molecular formula is C38H38N6O. The van der Waals surface area contributed by atoms with Gasteiger partial charge in [-0.05, 0) is 108 Å². The van der Waals surface area contributed by atoms with E-state index in [0.717, 1.165) is 65.0 Å². The van der Waals surface area contributed by atoms with Crippen molar-refractivity contribution in [2.24, 2.45) is 5.73 Å². The molecule has 0 spiro atoms. The van der Waals surface area contributed by atoms with Crippen molar-refractivity contribution in [2.75, 3.05) is 21.7 Å². The first-order valence-corrected chi connectivity index (χ1v) is 15.6. The summed E-state index contributed by atoms with van der Waals surface area (Å²) >= 11 is 0. The first-order chi connectivity index (χ1) is 21.8. The van der Waals surface area contributed by atoms with Crippen LogP contribution in [0.3, 0.4) is 0 Å². The minimum absolute atomic E-state index is 0.0690. The van der Waals surface area contributed by atoms with Gasteiger partial charge in [0.05, 0.1) is 11.6 Å². The molecular weight excluding hydrogens is 556 g/mol. The number of anilines is 4. The lowest BCUT2D eigenvalue weighted by atomic mass is 9.84. The summed E-state index contributed by atoms with van der Waals surface area (Å²) in [6, 6.07) is 33.2. The van der Waals surface area contributed by atoms with Crippen LogP contribution in [0.15, 0.2) is 103 Å². The van der Waals surface area contributed by atoms with Gasteiger partial charge in [-0.1, -0.05) is 54.6 Å². The van der Waals surface area contributed by atoms with E-state index in [4.69, 9.17) is 16.5 Å². The highest BCUT2D eigenvalue weighted by Crippen LogP contribution is 2.43. The molecule has 8 rings (SSSR count). The fraction of sp³-hybridized carbons (Fsp3) is 0.211. The van der Waals surface area contributed by atoms with Crippen molar-refractivity contribution in [1.82, 2.24) is 4.98 Å². The largest absolute Gasteiger partial charge is 0.399 e. The molecule has 3 atom stereocenters. The van der Waals surface area contributed by atoms with Gasteiger partial charge >= 0.3 is 0 Å². The Labute approximate surface area is 263 Å². The first kappa shape index (κ1) is 28.6. The Kier molecular flexibility index (Phi) is 7.47. The van der Waals surface area contributed by atoms with E-state index in [1.54, 1.807) is 0 Å². The maximum Gasteiger partial charge on any atom is 0.221 e. The molecule has 1 amide bonds. The number of nitrogens with zero attached hydrogens (tertiary/aromatic N) is 1. The van der Waals surface area contributed by atoms with Crippen molar-refractivity contribution < 1.29 is 4.79 Å². The molecule has 7 heteroatoms. The lowest BCUT2D eigenvalue weighted by Gasteiger charge is -2.38. The second kappa shape index (κ2) is 11.7. The highest BCUT2D eigenvalue weighted by Gasteiger charge is 2.39. The molecule has 5 aromatic rings. The van der Waals surface area contributed by atoms with E-state index in [-0.39, 0.29) is 5.91 Å². The molecule has 7 nitrogen and oxygen atoms in total. The number of aryl methyl sites for hydroxylation is 2. The van der Waals surface area contributed by atoms with Crippen molar-refractivity contribution in [2.45, 2.75) is 50.2 Å². The van der Waals surface area contributed by atoms with E-state index in [9.17, 15) is 4.79 Å². The number of nitrogens with two attached hydrogens (primary N) is 2. The van der Waals surface area contributed by atoms with E-state index in [1.807, 2.05) is 48.5 Å². The Bertz CT molecular complexity index is 1930. The van der Waals surface area contributed by atoms with Crippen LogP contribution in [0.5, 0.6) is 0 Å². The summed E-state index contributed by atoms with van der Waals surface area (Å²) in [5.74, 6) is 1.12. The molecule has 7 N–H and O–H groups in total. The number of benzene rings is 4. The fourth-order valence-electron chi connectivity index (χ4n) is 6.96. The molecule has 0 saturated heterocycles. The van der Waals surface area contributed by atoms with E-state index in [0.29, 0.717) is 12.0 Å². The second-order valence-electron chi connectivity index (χ2n) is 12.2. The Morgan fingerprint density at radius 1 is 0.889 bits per heavy atom. The third-order valence-corrected chi connectivity index (χ3v) is 9.14. The Hall–Kier alpha value is -5.14. The van der Waals surface area contributed by atoms with E-state index in [1.165, 1.54) is 29.2 Å². The Morgan fingerprint density at radius 2 is 1.64 bits per heavy atom. The standard InChI is InChI=1S/C20H19N3O.C18H19N3/c1-13(24)21-16-8-10-18-15(12-16)7-11-20(22-18)23-19-9-6-14-4-2-3-5-17(14)19;19-14-6-8-17-13(11-14)9-10-18(20,21-17)16-7-5-12-3-1-2-4-15(12)16/h2-5,7-8,10-12,19H,6,9H2,1H3,(H,21,24)(H,22,23);1-4,6,8-11,16,21H,5,7,19-20H2/t19-;16?,18-/m11/s1. The normalized spacial score (nSPS) is 20.7. The van der Waals surface area contributed by atoms with Gasteiger partial charge in [0, 0.05) is 35.3 Å². The Morgan fingerprint density at radius 3 is 2.47 bits per heavy atom. The minimum Gasteiger partial charge on any atom is -0.399 e. The molecule has 3 aliphatic rings. The van der Waals surface area contributed by atoms with Crippen molar-refractivity contribution in [3.05, 3.63) is 131 Å². The molecule has 1 aliphatic heterocycles. The molecule has 45 heavy (non-hydrogen) atoms. The molecule has 0 saturated carbocycles. The van der Waals surface area contributed by atoms with Crippen LogP contribution in [0.4, 0.5) is 22.9 Å². The van der Waals surface area contributed by atoms with Gasteiger partial charge in [0.1, 0.15) is 11.5 Å². The molecule has 0 bridgehead atoms. The number of hydrogen-bond donors (Lipinski definition) is 5. The maximum atomic E-state index is 11.2. The predicted molar refractivity (Wildman–Crippen MR) is 185 cm³/mol. The van der Waals surface area contributed by atoms with Crippen LogP contribution < -0.4 is 27.4 Å². The van der Waals surface area contributed by atoms with Crippen molar-refractivity contribution >= 4 is 45.8 Å². The SMILES string of the molecule is CC(=O)Nc1ccc2nc(N[C@@H]3CCc4ccccc43)ccc2c1.Nc1ccc2c(c1)C=C[C@](N)(C1CCc3ccccc31)N2. The van der Waals surface area contributed by atoms with Crippen molar-refractivity contribution in [3.8, 4) is 0 Å². The molecule has 1 unspecified atom stereocenters. The van der Waals surface area contributed by atoms with Gasteiger partial charge in [0.25, 0.3) is 0 Å². The van der Waals surface area contributed by atoms with Gasteiger partial charge < -0.3 is 27.4 Å². The number of nitrogen functional groups attached to an aromatic ring is 1. The summed E-state index contributed by atoms with van der Waals surface area (Å²) in [7, 11) is 0. The third kappa shape index (κ3) is 5.87. The maximum absolute atomic E-state index is 11.2. The number of rotatable bonds is 4. The lowest BCUT2D eigenvalue weighted by Crippen LogP contribution is -2.51. The van der Waals surface area contributed by atoms with Crippen LogP contribution in [0, 0.1) is 0 Å². The van der Waals surface area contributed by atoms with Gasteiger partial charge in [-0.15, -0.1) is 0 Å². The van der Waals surface area contributed by atoms with Crippen LogP contribution >= 0.6 is 0 Å². The smallest absolute Gasteiger partial charge is 0.221 e. The van der Waals surface area contributed by atoms with E-state index >= 15 is 0 Å². The summed E-state index contributed by atoms with van der Waals surface area (Å²) in [4.78, 5) is 15.9. The molecule has 0 fully saturated rings. The average Bonchev–Trinajstić information content (AvgIpc) is 3.66. The number of aromatic nitrogens is 1. The predicted octanol–water partition coefficient (Wildman–Crippen LogP) is 7.39. The number of amides is 1. The topological polar surface area (TPSA) is 118 Å². The highest BCUT2D eigenvalue weighted by atomic mass is 16.1. The van der Waals surface area contributed by atoms with Crippen LogP contribution in [-0.2, 0) is 17.6 Å². The zero-order valence-electron chi connectivity index (χ0n) is 25.4. The summed E-state index contributed by atoms with van der Waals surface area (Å²) in [6.07, 6.45) is 8.56. The van der Waals surface area contributed by atoms with Gasteiger partial charge in [0.2, 0.25) is 5.91 Å².